The van der Waals surface area contributed by atoms with Crippen molar-refractivity contribution < 1.29 is 4.79 Å². The summed E-state index contributed by atoms with van der Waals surface area (Å²) in [6.07, 6.45) is 0. The summed E-state index contributed by atoms with van der Waals surface area (Å²) in [5.41, 5.74) is 1.95. The Balaban J connectivity index is 1.68. The first kappa shape index (κ1) is 15.6. The van der Waals surface area contributed by atoms with Crippen molar-refractivity contribution in [2.24, 2.45) is 0 Å². The predicted octanol–water partition coefficient (Wildman–Crippen LogP) is 4.83. The van der Waals surface area contributed by atoms with E-state index in [1.807, 2.05) is 36.0 Å². The van der Waals surface area contributed by atoms with Gasteiger partial charge in [-0.3, -0.25) is 4.79 Å². The third-order valence-electron chi connectivity index (χ3n) is 3.73. The second-order valence-corrected chi connectivity index (χ2v) is 6.74. The van der Waals surface area contributed by atoms with Crippen molar-refractivity contribution in [3.63, 3.8) is 0 Å². The second-order valence-electron chi connectivity index (χ2n) is 5.69. The van der Waals surface area contributed by atoms with Crippen LogP contribution in [0.3, 0.4) is 0 Å². The van der Waals surface area contributed by atoms with Crippen LogP contribution >= 0.6 is 11.8 Å². The normalized spacial score (nSPS) is 10.7. The predicted molar refractivity (Wildman–Crippen MR) is 98.0 cm³/mol. The van der Waals surface area contributed by atoms with Gasteiger partial charge in [0.2, 0.25) is 0 Å². The number of benzene rings is 3. The maximum absolute atomic E-state index is 11.9. The molecule has 0 aliphatic heterocycles. The largest absolute Gasteiger partial charge is 0.345 e. The molecule has 0 atom stereocenters. The zero-order valence-electron chi connectivity index (χ0n) is 13.3. The molecule has 0 aliphatic rings. The molecule has 0 aromatic heterocycles. The van der Waals surface area contributed by atoms with Crippen LogP contribution in [0, 0.1) is 0 Å². The Morgan fingerprint density at radius 3 is 2.30 bits per heavy atom. The van der Waals surface area contributed by atoms with E-state index in [0.717, 1.165) is 11.3 Å². The molecule has 0 fully saturated rings. The second kappa shape index (κ2) is 6.88. The Hall–Kier alpha value is -2.26. The van der Waals surface area contributed by atoms with Crippen LogP contribution in [0.5, 0.6) is 0 Å². The third-order valence-corrected chi connectivity index (χ3v) is 4.80. The van der Waals surface area contributed by atoms with Crippen LogP contribution in [0.25, 0.3) is 10.8 Å². The van der Waals surface area contributed by atoms with E-state index in [-0.39, 0.29) is 5.91 Å². The number of fused-ring (bicyclic) bond motifs is 1. The van der Waals surface area contributed by atoms with Gasteiger partial charge in [0.05, 0.1) is 0 Å². The van der Waals surface area contributed by atoms with Gasteiger partial charge in [0.1, 0.15) is 0 Å². The van der Waals surface area contributed by atoms with Gasteiger partial charge in [-0.1, -0.05) is 42.5 Å². The fourth-order valence-electron chi connectivity index (χ4n) is 2.43. The lowest BCUT2D eigenvalue weighted by molar-refractivity contribution is 0.0827. The van der Waals surface area contributed by atoms with Crippen LogP contribution in [-0.4, -0.2) is 24.9 Å². The molecule has 0 heterocycles. The van der Waals surface area contributed by atoms with E-state index in [0.29, 0.717) is 0 Å². The molecular formula is C20H19NOS. The first-order valence-corrected chi connectivity index (χ1v) is 8.54. The van der Waals surface area contributed by atoms with Gasteiger partial charge in [0, 0.05) is 30.3 Å². The topological polar surface area (TPSA) is 20.3 Å². The molecule has 0 saturated carbocycles. The molecule has 0 radical (unpaired) electrons. The molecule has 23 heavy (non-hydrogen) atoms. The van der Waals surface area contributed by atoms with Crippen LogP contribution in [0.4, 0.5) is 0 Å². The molecule has 0 unspecified atom stereocenters. The van der Waals surface area contributed by atoms with Gasteiger partial charge in [-0.2, -0.15) is 0 Å². The average Bonchev–Trinajstić information content (AvgIpc) is 2.59. The summed E-state index contributed by atoms with van der Waals surface area (Å²) in [6, 6.07) is 22.8. The van der Waals surface area contributed by atoms with Crippen molar-refractivity contribution in [2.75, 3.05) is 14.1 Å². The Bertz CT molecular complexity index is 824. The maximum Gasteiger partial charge on any atom is 0.253 e. The standard InChI is InChI=1S/C20H19NOS/c1-21(2)20(22)17-9-7-15(8-10-17)14-23-19-12-11-16-5-3-4-6-18(16)13-19/h3-13H,14H2,1-2H3. The highest BCUT2D eigenvalue weighted by molar-refractivity contribution is 7.98. The Morgan fingerprint density at radius 1 is 0.913 bits per heavy atom. The van der Waals surface area contributed by atoms with E-state index in [9.17, 15) is 4.79 Å². The van der Waals surface area contributed by atoms with E-state index in [1.165, 1.54) is 21.2 Å². The first-order chi connectivity index (χ1) is 11.1. The smallest absolute Gasteiger partial charge is 0.253 e. The minimum Gasteiger partial charge on any atom is -0.345 e. The van der Waals surface area contributed by atoms with E-state index in [4.69, 9.17) is 0 Å². The van der Waals surface area contributed by atoms with Gasteiger partial charge in [0.15, 0.2) is 0 Å². The molecule has 116 valence electrons. The molecule has 3 aromatic rings. The van der Waals surface area contributed by atoms with Gasteiger partial charge < -0.3 is 4.90 Å². The molecular weight excluding hydrogens is 302 g/mol. The number of carbonyl (C=O) groups excluding carboxylic acids is 1. The first-order valence-electron chi connectivity index (χ1n) is 7.56. The number of hydrogen-bond donors (Lipinski definition) is 0. The van der Waals surface area contributed by atoms with Gasteiger partial charge >= 0.3 is 0 Å². The van der Waals surface area contributed by atoms with Crippen LogP contribution < -0.4 is 0 Å². The molecule has 0 aliphatic carbocycles. The highest BCUT2D eigenvalue weighted by Crippen LogP contribution is 2.26. The minimum absolute atomic E-state index is 0.0405. The van der Waals surface area contributed by atoms with Gasteiger partial charge in [-0.25, -0.2) is 0 Å². The van der Waals surface area contributed by atoms with Crippen LogP contribution in [0.1, 0.15) is 15.9 Å². The molecule has 3 rings (SSSR count). The van der Waals surface area contributed by atoms with Gasteiger partial charge in [-0.05, 0) is 40.6 Å². The minimum atomic E-state index is 0.0405. The lowest BCUT2D eigenvalue weighted by Crippen LogP contribution is -2.21. The van der Waals surface area contributed by atoms with E-state index in [1.54, 1.807) is 19.0 Å². The monoisotopic (exact) mass is 321 g/mol. The van der Waals surface area contributed by atoms with Crippen molar-refractivity contribution in [3.05, 3.63) is 77.9 Å². The van der Waals surface area contributed by atoms with Crippen molar-refractivity contribution >= 4 is 28.4 Å². The quantitative estimate of drug-likeness (QED) is 0.641. The molecule has 3 heteroatoms. The average molecular weight is 321 g/mol. The Labute approximate surface area is 141 Å². The number of carbonyl (C=O) groups is 1. The fraction of sp³-hybridized carbons (Fsp3) is 0.150. The van der Waals surface area contributed by atoms with Crippen molar-refractivity contribution in [3.8, 4) is 0 Å². The summed E-state index contributed by atoms with van der Waals surface area (Å²) in [5, 5.41) is 2.54. The highest BCUT2D eigenvalue weighted by atomic mass is 32.2. The molecule has 3 aromatic carbocycles. The molecule has 0 spiro atoms. The van der Waals surface area contributed by atoms with Gasteiger partial charge in [-0.15, -0.1) is 11.8 Å². The maximum atomic E-state index is 11.9. The summed E-state index contributed by atoms with van der Waals surface area (Å²) in [7, 11) is 3.54. The van der Waals surface area contributed by atoms with E-state index in [2.05, 4.69) is 42.5 Å². The van der Waals surface area contributed by atoms with Crippen LogP contribution in [0.15, 0.2) is 71.6 Å². The van der Waals surface area contributed by atoms with Crippen LogP contribution in [-0.2, 0) is 5.75 Å². The zero-order valence-corrected chi connectivity index (χ0v) is 14.1. The number of thioether (sulfide) groups is 1. The lowest BCUT2D eigenvalue weighted by Gasteiger charge is -2.10. The van der Waals surface area contributed by atoms with E-state index >= 15 is 0 Å². The Kier molecular flexibility index (Phi) is 4.68. The summed E-state index contributed by atoms with van der Waals surface area (Å²) < 4.78 is 0. The molecule has 0 bridgehead atoms. The summed E-state index contributed by atoms with van der Waals surface area (Å²) >= 11 is 1.81. The third kappa shape index (κ3) is 3.74. The lowest BCUT2D eigenvalue weighted by atomic mass is 10.1. The number of amides is 1. The number of hydrogen-bond acceptors (Lipinski definition) is 2. The highest BCUT2D eigenvalue weighted by Gasteiger charge is 2.07. The van der Waals surface area contributed by atoms with Crippen molar-refractivity contribution in [1.29, 1.82) is 0 Å². The van der Waals surface area contributed by atoms with Crippen molar-refractivity contribution in [2.45, 2.75) is 10.6 Å². The fourth-order valence-corrected chi connectivity index (χ4v) is 3.33. The summed E-state index contributed by atoms with van der Waals surface area (Å²) in [4.78, 5) is 14.7. The van der Waals surface area contributed by atoms with Crippen molar-refractivity contribution in [1.82, 2.24) is 4.90 Å². The summed E-state index contributed by atoms with van der Waals surface area (Å²) in [5.74, 6) is 0.938. The van der Waals surface area contributed by atoms with Gasteiger partial charge in [0.25, 0.3) is 5.91 Å². The summed E-state index contributed by atoms with van der Waals surface area (Å²) in [6.45, 7) is 0. The van der Waals surface area contributed by atoms with Crippen LogP contribution in [0.2, 0.25) is 0 Å². The Morgan fingerprint density at radius 2 is 1.61 bits per heavy atom. The molecule has 2 nitrogen and oxygen atoms in total. The zero-order chi connectivity index (χ0) is 16.2. The van der Waals surface area contributed by atoms with E-state index < -0.39 is 0 Å². The number of nitrogens with zero attached hydrogens (tertiary/aromatic N) is 1. The molecule has 1 amide bonds. The SMILES string of the molecule is CN(C)C(=O)c1ccc(CSc2ccc3ccccc3c2)cc1. The molecule has 0 saturated heterocycles. The molecule has 0 N–H and O–H groups in total. The number of rotatable bonds is 4.